The molecule has 1 N–H and O–H groups in total. The molecule has 208 valence electrons. The van der Waals surface area contributed by atoms with Gasteiger partial charge in [0.1, 0.15) is 12.6 Å². The molecule has 0 spiro atoms. The van der Waals surface area contributed by atoms with E-state index < -0.39 is 34.1 Å². The van der Waals surface area contributed by atoms with Crippen LogP contribution in [0.5, 0.6) is 0 Å². The summed E-state index contributed by atoms with van der Waals surface area (Å²) in [6.07, 6.45) is 0. The fourth-order valence-electron chi connectivity index (χ4n) is 4.04. The van der Waals surface area contributed by atoms with Crippen LogP contribution in [0, 0.1) is 13.8 Å². The van der Waals surface area contributed by atoms with Crippen molar-refractivity contribution in [3.8, 4) is 0 Å². The molecule has 0 aliphatic heterocycles. The van der Waals surface area contributed by atoms with Crippen molar-refractivity contribution in [2.75, 3.05) is 10.8 Å². The Morgan fingerprint density at radius 3 is 2.15 bits per heavy atom. The number of nitrogens with zero attached hydrogens (tertiary/aromatic N) is 2. The maximum atomic E-state index is 14.0. The molecule has 1 atom stereocenters. The standard InChI is InChI=1S/C30H36ClN3O4S/c1-21-12-16-26(17-13-21)39(37,38)34(27-18-25(31)15-14-22(27)2)20-28(35)33(19-24-10-8-7-9-11-24)23(3)29(36)32-30(4,5)6/h7-18,23H,19-20H2,1-6H3,(H,32,36)/t23-/m0/s1. The van der Waals surface area contributed by atoms with Crippen molar-refractivity contribution in [2.24, 2.45) is 0 Å². The highest BCUT2D eigenvalue weighted by atomic mass is 35.5. The number of aryl methyl sites for hydroxylation is 2. The third-order valence-corrected chi connectivity index (χ3v) is 8.20. The molecule has 3 rings (SSSR count). The van der Waals surface area contributed by atoms with Crippen molar-refractivity contribution in [1.82, 2.24) is 10.2 Å². The average Bonchev–Trinajstić information content (AvgIpc) is 2.86. The molecule has 3 aromatic rings. The molecule has 0 bridgehead atoms. The molecule has 0 aliphatic carbocycles. The van der Waals surface area contributed by atoms with Gasteiger partial charge >= 0.3 is 0 Å². The second-order valence-electron chi connectivity index (χ2n) is 10.7. The zero-order valence-electron chi connectivity index (χ0n) is 23.2. The molecule has 0 saturated carbocycles. The molecule has 39 heavy (non-hydrogen) atoms. The normalized spacial score (nSPS) is 12.5. The lowest BCUT2D eigenvalue weighted by atomic mass is 10.1. The highest BCUT2D eigenvalue weighted by molar-refractivity contribution is 7.92. The molecule has 0 saturated heterocycles. The maximum Gasteiger partial charge on any atom is 0.264 e. The van der Waals surface area contributed by atoms with Crippen LogP contribution in [-0.4, -0.2) is 43.3 Å². The zero-order chi connectivity index (χ0) is 29.0. The highest BCUT2D eigenvalue weighted by Crippen LogP contribution is 2.30. The fourth-order valence-corrected chi connectivity index (χ4v) is 5.68. The SMILES string of the molecule is Cc1ccc(S(=O)(=O)N(CC(=O)N(Cc2ccccc2)[C@@H](C)C(=O)NC(C)(C)C)c2cc(Cl)ccc2C)cc1. The second kappa shape index (κ2) is 12.2. The van der Waals surface area contributed by atoms with Crippen LogP contribution in [0.25, 0.3) is 0 Å². The van der Waals surface area contributed by atoms with Crippen LogP contribution in [0.3, 0.4) is 0 Å². The van der Waals surface area contributed by atoms with Crippen molar-refractivity contribution >= 4 is 39.1 Å². The van der Waals surface area contributed by atoms with Crippen LogP contribution < -0.4 is 9.62 Å². The van der Waals surface area contributed by atoms with Gasteiger partial charge in [-0.05, 0) is 76.9 Å². The lowest BCUT2D eigenvalue weighted by Crippen LogP contribution is -2.54. The smallest absolute Gasteiger partial charge is 0.264 e. The predicted octanol–water partition coefficient (Wildman–Crippen LogP) is 5.48. The number of amides is 2. The van der Waals surface area contributed by atoms with Gasteiger partial charge in [-0.15, -0.1) is 0 Å². The van der Waals surface area contributed by atoms with Crippen LogP contribution in [0.15, 0.2) is 77.7 Å². The summed E-state index contributed by atoms with van der Waals surface area (Å²) in [6.45, 7) is 10.5. The molecule has 2 amide bonds. The average molecular weight is 570 g/mol. The molecule has 3 aromatic carbocycles. The Kier molecular flexibility index (Phi) is 9.46. The van der Waals surface area contributed by atoms with Gasteiger partial charge in [-0.1, -0.05) is 65.7 Å². The Balaban J connectivity index is 2.07. The van der Waals surface area contributed by atoms with E-state index in [1.54, 1.807) is 38.1 Å². The molecule has 0 radical (unpaired) electrons. The first-order valence-electron chi connectivity index (χ1n) is 12.7. The molecular formula is C30H36ClN3O4S. The van der Waals surface area contributed by atoms with E-state index in [4.69, 9.17) is 11.6 Å². The van der Waals surface area contributed by atoms with Gasteiger partial charge in [0.2, 0.25) is 11.8 Å². The molecule has 7 nitrogen and oxygen atoms in total. The summed E-state index contributed by atoms with van der Waals surface area (Å²) in [5.74, 6) is -0.857. The number of benzene rings is 3. The number of carbonyl (C=O) groups is 2. The van der Waals surface area contributed by atoms with Crippen molar-refractivity contribution < 1.29 is 18.0 Å². The van der Waals surface area contributed by atoms with Crippen molar-refractivity contribution in [2.45, 2.75) is 64.6 Å². The van der Waals surface area contributed by atoms with E-state index in [1.807, 2.05) is 58.0 Å². The minimum absolute atomic E-state index is 0.0495. The van der Waals surface area contributed by atoms with Crippen molar-refractivity contribution in [1.29, 1.82) is 0 Å². The minimum atomic E-state index is -4.16. The first-order chi connectivity index (χ1) is 18.2. The summed E-state index contributed by atoms with van der Waals surface area (Å²) in [5, 5.41) is 3.26. The Bertz CT molecular complexity index is 1420. The largest absolute Gasteiger partial charge is 0.350 e. The van der Waals surface area contributed by atoms with E-state index in [1.165, 1.54) is 23.1 Å². The number of rotatable bonds is 9. The molecule has 0 heterocycles. The summed E-state index contributed by atoms with van der Waals surface area (Å²) in [5.41, 5.74) is 2.14. The third kappa shape index (κ3) is 7.83. The molecule has 0 fully saturated rings. The van der Waals surface area contributed by atoms with E-state index in [9.17, 15) is 18.0 Å². The van der Waals surface area contributed by atoms with Gasteiger partial charge in [0.25, 0.3) is 10.0 Å². The summed E-state index contributed by atoms with van der Waals surface area (Å²) in [6, 6.07) is 19.8. The lowest BCUT2D eigenvalue weighted by molar-refractivity contribution is -0.140. The van der Waals surface area contributed by atoms with Crippen LogP contribution in [0.4, 0.5) is 5.69 Å². The number of hydrogen-bond acceptors (Lipinski definition) is 4. The maximum absolute atomic E-state index is 14.0. The summed E-state index contributed by atoms with van der Waals surface area (Å²) >= 11 is 6.27. The van der Waals surface area contributed by atoms with Gasteiger partial charge in [0.15, 0.2) is 0 Å². The molecule has 0 aromatic heterocycles. The van der Waals surface area contributed by atoms with E-state index in [0.29, 0.717) is 16.3 Å². The molecule has 0 unspecified atom stereocenters. The number of sulfonamides is 1. The predicted molar refractivity (Wildman–Crippen MR) is 156 cm³/mol. The third-order valence-electron chi connectivity index (χ3n) is 6.19. The number of anilines is 1. The van der Waals surface area contributed by atoms with Crippen molar-refractivity contribution in [3.63, 3.8) is 0 Å². The molecule has 9 heteroatoms. The summed E-state index contributed by atoms with van der Waals surface area (Å²) < 4.78 is 29.0. The van der Waals surface area contributed by atoms with Gasteiger partial charge < -0.3 is 10.2 Å². The van der Waals surface area contributed by atoms with Crippen molar-refractivity contribution in [3.05, 3.63) is 94.5 Å². The summed E-state index contributed by atoms with van der Waals surface area (Å²) in [4.78, 5) is 28.6. The fraction of sp³-hybridized carbons (Fsp3) is 0.333. The Hall–Kier alpha value is -3.36. The monoisotopic (exact) mass is 569 g/mol. The Morgan fingerprint density at radius 2 is 1.56 bits per heavy atom. The topological polar surface area (TPSA) is 86.8 Å². The van der Waals surface area contributed by atoms with Gasteiger partial charge in [-0.2, -0.15) is 0 Å². The van der Waals surface area contributed by atoms with Crippen LogP contribution in [0.1, 0.15) is 44.4 Å². The van der Waals surface area contributed by atoms with Crippen LogP contribution >= 0.6 is 11.6 Å². The van der Waals surface area contributed by atoms with Crippen LogP contribution in [0.2, 0.25) is 5.02 Å². The Morgan fingerprint density at radius 1 is 0.949 bits per heavy atom. The second-order valence-corrected chi connectivity index (χ2v) is 13.0. The number of carbonyl (C=O) groups excluding carboxylic acids is 2. The first-order valence-corrected chi connectivity index (χ1v) is 14.5. The first kappa shape index (κ1) is 30.2. The molecular weight excluding hydrogens is 534 g/mol. The van der Waals surface area contributed by atoms with Gasteiger partial charge in [0.05, 0.1) is 10.6 Å². The van der Waals surface area contributed by atoms with Gasteiger partial charge in [0, 0.05) is 17.1 Å². The number of nitrogens with one attached hydrogen (secondary N) is 1. The highest BCUT2D eigenvalue weighted by Gasteiger charge is 2.34. The zero-order valence-corrected chi connectivity index (χ0v) is 24.8. The lowest BCUT2D eigenvalue weighted by Gasteiger charge is -2.34. The summed E-state index contributed by atoms with van der Waals surface area (Å²) in [7, 11) is -4.16. The van der Waals surface area contributed by atoms with E-state index in [-0.39, 0.29) is 17.3 Å². The van der Waals surface area contributed by atoms with E-state index >= 15 is 0 Å². The van der Waals surface area contributed by atoms with Gasteiger partial charge in [-0.3, -0.25) is 13.9 Å². The Labute approximate surface area is 236 Å². The van der Waals surface area contributed by atoms with E-state index in [2.05, 4.69) is 5.32 Å². The number of halogens is 1. The number of hydrogen-bond donors (Lipinski definition) is 1. The van der Waals surface area contributed by atoms with Gasteiger partial charge in [-0.25, -0.2) is 8.42 Å². The van der Waals surface area contributed by atoms with E-state index in [0.717, 1.165) is 15.4 Å². The van der Waals surface area contributed by atoms with Crippen LogP contribution in [-0.2, 0) is 26.2 Å². The molecule has 0 aliphatic rings. The quantitative estimate of drug-likeness (QED) is 0.369. The minimum Gasteiger partial charge on any atom is -0.350 e.